The van der Waals surface area contributed by atoms with Crippen molar-refractivity contribution in [3.63, 3.8) is 0 Å². The lowest BCUT2D eigenvalue weighted by atomic mass is 10.1. The molecule has 5 nitrogen and oxygen atoms in total. The molecule has 1 unspecified atom stereocenters. The second-order valence-corrected chi connectivity index (χ2v) is 7.37. The normalized spacial score (nSPS) is 20.1. The van der Waals surface area contributed by atoms with E-state index >= 15 is 0 Å². The zero-order chi connectivity index (χ0) is 14.7. The van der Waals surface area contributed by atoms with Crippen LogP contribution in [-0.2, 0) is 14.8 Å². The van der Waals surface area contributed by atoms with Crippen molar-refractivity contribution in [3.05, 3.63) is 0 Å². The average Bonchev–Trinajstić information content (AvgIpc) is 2.44. The van der Waals surface area contributed by atoms with Crippen molar-refractivity contribution >= 4 is 10.0 Å². The van der Waals surface area contributed by atoms with Crippen LogP contribution >= 0.6 is 0 Å². The Morgan fingerprint density at radius 3 is 2.70 bits per heavy atom. The Morgan fingerprint density at radius 1 is 1.15 bits per heavy atom. The molecule has 0 aliphatic carbocycles. The van der Waals surface area contributed by atoms with Gasteiger partial charge < -0.3 is 10.1 Å². The lowest BCUT2D eigenvalue weighted by molar-refractivity contribution is 0.0123. The fourth-order valence-electron chi connectivity index (χ4n) is 2.33. The summed E-state index contributed by atoms with van der Waals surface area (Å²) in [5, 5.41) is 3.28. The summed E-state index contributed by atoms with van der Waals surface area (Å²) in [7, 11) is -3.11. The number of nitrogens with one attached hydrogen (secondary N) is 2. The molecule has 1 heterocycles. The molecule has 1 atom stereocenters. The van der Waals surface area contributed by atoms with E-state index in [0.717, 1.165) is 51.8 Å². The predicted molar refractivity (Wildman–Crippen MR) is 82.4 cm³/mol. The Bertz CT molecular complexity index is 327. The van der Waals surface area contributed by atoms with Crippen molar-refractivity contribution in [1.29, 1.82) is 0 Å². The van der Waals surface area contributed by atoms with E-state index in [1.54, 1.807) is 0 Å². The Hall–Kier alpha value is -0.170. The fraction of sp³-hybridized carbons (Fsp3) is 1.00. The SMILES string of the molecule is CCCNCCCCS(=O)(=O)NCCC1CCCCO1. The summed E-state index contributed by atoms with van der Waals surface area (Å²) in [6.07, 6.45) is 7.16. The third-order valence-electron chi connectivity index (χ3n) is 3.51. The number of unbranched alkanes of at least 4 members (excludes halogenated alkanes) is 1. The molecule has 1 aliphatic rings. The van der Waals surface area contributed by atoms with Crippen LogP contribution in [0.2, 0.25) is 0 Å². The minimum atomic E-state index is -3.11. The Labute approximate surface area is 123 Å². The van der Waals surface area contributed by atoms with Crippen LogP contribution in [0.15, 0.2) is 0 Å². The van der Waals surface area contributed by atoms with Gasteiger partial charge in [-0.2, -0.15) is 0 Å². The number of rotatable bonds is 11. The van der Waals surface area contributed by atoms with Crippen LogP contribution in [0.25, 0.3) is 0 Å². The minimum absolute atomic E-state index is 0.229. The van der Waals surface area contributed by atoms with Gasteiger partial charge >= 0.3 is 0 Å². The van der Waals surface area contributed by atoms with Crippen molar-refractivity contribution in [2.24, 2.45) is 0 Å². The van der Waals surface area contributed by atoms with Crippen LogP contribution in [0, 0.1) is 0 Å². The molecular weight excluding hydrogens is 276 g/mol. The summed E-state index contributed by atoms with van der Waals surface area (Å²) in [5.74, 6) is 0.229. The maximum absolute atomic E-state index is 11.8. The van der Waals surface area contributed by atoms with Crippen LogP contribution in [0.3, 0.4) is 0 Å². The maximum Gasteiger partial charge on any atom is 0.211 e. The Kier molecular flexibility index (Phi) is 9.42. The summed E-state index contributed by atoms with van der Waals surface area (Å²) < 4.78 is 31.8. The molecule has 0 aromatic rings. The molecule has 0 aromatic heterocycles. The largest absolute Gasteiger partial charge is 0.378 e. The van der Waals surface area contributed by atoms with Gasteiger partial charge in [0.05, 0.1) is 11.9 Å². The number of hydrogen-bond donors (Lipinski definition) is 2. The molecule has 1 fully saturated rings. The molecule has 1 saturated heterocycles. The lowest BCUT2D eigenvalue weighted by Gasteiger charge is -2.22. The summed E-state index contributed by atoms with van der Waals surface area (Å²) in [6.45, 7) is 5.35. The van der Waals surface area contributed by atoms with Gasteiger partial charge in [-0.05, 0) is 58.0 Å². The highest BCUT2D eigenvalue weighted by Crippen LogP contribution is 2.14. The highest BCUT2D eigenvalue weighted by molar-refractivity contribution is 7.89. The minimum Gasteiger partial charge on any atom is -0.378 e. The average molecular weight is 306 g/mol. The standard InChI is InChI=1S/C14H30N2O3S/c1-2-9-15-10-4-6-13-20(17,18)16-11-8-14-7-3-5-12-19-14/h14-16H,2-13H2,1H3. The highest BCUT2D eigenvalue weighted by atomic mass is 32.2. The van der Waals surface area contributed by atoms with E-state index in [9.17, 15) is 8.42 Å². The van der Waals surface area contributed by atoms with Gasteiger partial charge in [0.2, 0.25) is 10.0 Å². The third-order valence-corrected chi connectivity index (χ3v) is 4.98. The van der Waals surface area contributed by atoms with Crippen LogP contribution in [0.1, 0.15) is 51.9 Å². The molecule has 0 aromatic carbocycles. The third kappa shape index (κ3) is 8.89. The lowest BCUT2D eigenvalue weighted by Crippen LogP contribution is -2.31. The summed E-state index contributed by atoms with van der Waals surface area (Å²) in [4.78, 5) is 0. The quantitative estimate of drug-likeness (QED) is 0.570. The van der Waals surface area contributed by atoms with Crippen molar-refractivity contribution in [2.45, 2.75) is 58.0 Å². The summed E-state index contributed by atoms with van der Waals surface area (Å²) in [5.41, 5.74) is 0. The van der Waals surface area contributed by atoms with Crippen LogP contribution < -0.4 is 10.0 Å². The van der Waals surface area contributed by atoms with E-state index < -0.39 is 10.0 Å². The van der Waals surface area contributed by atoms with E-state index in [2.05, 4.69) is 17.0 Å². The molecule has 0 radical (unpaired) electrons. The molecule has 1 rings (SSSR count). The zero-order valence-corrected chi connectivity index (χ0v) is 13.5. The molecular formula is C14H30N2O3S. The molecule has 2 N–H and O–H groups in total. The zero-order valence-electron chi connectivity index (χ0n) is 12.7. The van der Waals surface area contributed by atoms with E-state index in [1.807, 2.05) is 0 Å². The van der Waals surface area contributed by atoms with E-state index in [1.165, 1.54) is 6.42 Å². The van der Waals surface area contributed by atoms with Gasteiger partial charge in [0.15, 0.2) is 0 Å². The van der Waals surface area contributed by atoms with Gasteiger partial charge in [-0.15, -0.1) is 0 Å². The molecule has 0 spiro atoms. The van der Waals surface area contributed by atoms with Crippen LogP contribution in [0.4, 0.5) is 0 Å². The van der Waals surface area contributed by atoms with Gasteiger partial charge in [-0.1, -0.05) is 6.92 Å². The summed E-state index contributed by atoms with van der Waals surface area (Å²) in [6, 6.07) is 0. The van der Waals surface area contributed by atoms with Gasteiger partial charge in [0.1, 0.15) is 0 Å². The Balaban J connectivity index is 2.02. The Morgan fingerprint density at radius 2 is 2.00 bits per heavy atom. The topological polar surface area (TPSA) is 67.4 Å². The van der Waals surface area contributed by atoms with Crippen molar-refractivity contribution in [3.8, 4) is 0 Å². The first kappa shape index (κ1) is 17.9. The molecule has 1 aliphatic heterocycles. The maximum atomic E-state index is 11.8. The highest BCUT2D eigenvalue weighted by Gasteiger charge is 2.15. The molecule has 0 saturated carbocycles. The van der Waals surface area contributed by atoms with Crippen LogP contribution in [-0.4, -0.2) is 46.5 Å². The molecule has 6 heteroatoms. The van der Waals surface area contributed by atoms with Crippen molar-refractivity contribution in [2.75, 3.05) is 32.0 Å². The second-order valence-electron chi connectivity index (χ2n) is 5.45. The molecule has 0 amide bonds. The molecule has 0 bridgehead atoms. The number of ether oxygens (including phenoxy) is 1. The van der Waals surface area contributed by atoms with E-state index in [0.29, 0.717) is 13.0 Å². The molecule has 20 heavy (non-hydrogen) atoms. The van der Waals surface area contributed by atoms with Gasteiger partial charge in [0.25, 0.3) is 0 Å². The monoisotopic (exact) mass is 306 g/mol. The van der Waals surface area contributed by atoms with Crippen LogP contribution in [0.5, 0.6) is 0 Å². The predicted octanol–water partition coefficient (Wildman–Crippen LogP) is 1.64. The van der Waals surface area contributed by atoms with E-state index in [4.69, 9.17) is 4.74 Å². The summed E-state index contributed by atoms with van der Waals surface area (Å²) >= 11 is 0. The fourth-order valence-corrected chi connectivity index (χ4v) is 3.48. The molecule has 120 valence electrons. The number of sulfonamides is 1. The van der Waals surface area contributed by atoms with Gasteiger partial charge in [-0.25, -0.2) is 13.1 Å². The number of hydrogen-bond acceptors (Lipinski definition) is 4. The second kappa shape index (κ2) is 10.5. The first-order valence-electron chi connectivity index (χ1n) is 7.93. The van der Waals surface area contributed by atoms with Gasteiger partial charge in [-0.3, -0.25) is 0 Å². The smallest absolute Gasteiger partial charge is 0.211 e. The first-order chi connectivity index (χ1) is 9.64. The van der Waals surface area contributed by atoms with Crippen molar-refractivity contribution < 1.29 is 13.2 Å². The van der Waals surface area contributed by atoms with Crippen molar-refractivity contribution in [1.82, 2.24) is 10.0 Å². The van der Waals surface area contributed by atoms with E-state index in [-0.39, 0.29) is 11.9 Å². The van der Waals surface area contributed by atoms with Gasteiger partial charge in [0, 0.05) is 13.2 Å². The first-order valence-corrected chi connectivity index (χ1v) is 9.59.